The van der Waals surface area contributed by atoms with E-state index < -0.39 is 17.6 Å². The number of ether oxygens (including phenoxy) is 1. The zero-order valence-corrected chi connectivity index (χ0v) is 26.0. The van der Waals surface area contributed by atoms with Crippen LogP contribution in [0.2, 0.25) is 0 Å². The van der Waals surface area contributed by atoms with Crippen molar-refractivity contribution >= 4 is 22.6 Å². The van der Waals surface area contributed by atoms with Gasteiger partial charge in [-0.05, 0) is 56.3 Å². The number of rotatable bonds is 7. The van der Waals surface area contributed by atoms with Crippen LogP contribution in [0.1, 0.15) is 32.6 Å². The summed E-state index contributed by atoms with van der Waals surface area (Å²) in [5.41, 5.74) is 2.90. The maximum absolute atomic E-state index is 14.1. The van der Waals surface area contributed by atoms with E-state index in [0.717, 1.165) is 35.8 Å². The summed E-state index contributed by atoms with van der Waals surface area (Å²) in [7, 11) is 3.77. The molecule has 0 spiro atoms. The van der Waals surface area contributed by atoms with Gasteiger partial charge in [0.15, 0.2) is 11.5 Å². The van der Waals surface area contributed by atoms with Gasteiger partial charge in [0.1, 0.15) is 11.1 Å². The van der Waals surface area contributed by atoms with Crippen molar-refractivity contribution in [1.29, 1.82) is 0 Å². The topological polar surface area (TPSA) is 88.4 Å². The van der Waals surface area contributed by atoms with E-state index in [1.54, 1.807) is 36.1 Å². The Balaban J connectivity index is 1.25. The fraction of sp³-hybridized carbons (Fsp3) is 0.294. The third kappa shape index (κ3) is 6.73. The van der Waals surface area contributed by atoms with Crippen molar-refractivity contribution < 1.29 is 22.7 Å². The number of anilines is 1. The Morgan fingerprint density at radius 2 is 1.67 bits per heavy atom. The van der Waals surface area contributed by atoms with Crippen LogP contribution in [0.25, 0.3) is 22.4 Å². The number of nitrogens with zero attached hydrogens (tertiary/aromatic N) is 6. The molecule has 0 saturated carbocycles. The quantitative estimate of drug-likeness (QED) is 0.221. The van der Waals surface area contributed by atoms with Gasteiger partial charge in [-0.25, -0.2) is 4.98 Å². The number of halogens is 3. The predicted molar refractivity (Wildman–Crippen MR) is 170 cm³/mol. The maximum atomic E-state index is 14.1. The molecule has 1 N–H and O–H groups in total. The largest absolute Gasteiger partial charge is 0.438 e. The number of hydrogen-bond acceptors (Lipinski definition) is 7. The molecule has 12 heteroatoms. The minimum atomic E-state index is -4.57. The monoisotopic (exact) mass is 629 g/mol. The van der Waals surface area contributed by atoms with Crippen molar-refractivity contribution in [3.8, 4) is 23.0 Å². The van der Waals surface area contributed by atoms with E-state index in [0.29, 0.717) is 35.7 Å². The summed E-state index contributed by atoms with van der Waals surface area (Å²) in [6.45, 7) is 7.00. The molecule has 2 aromatic heterocycles. The van der Waals surface area contributed by atoms with Gasteiger partial charge in [0.25, 0.3) is 5.91 Å². The molecular weight excluding hydrogens is 595 g/mol. The number of nitrogens with one attached hydrogen (secondary N) is 1. The third-order valence-corrected chi connectivity index (χ3v) is 8.19. The van der Waals surface area contributed by atoms with E-state index in [1.165, 1.54) is 12.1 Å². The molecule has 3 aromatic carbocycles. The molecular formula is C34H34F3N7O2. The van der Waals surface area contributed by atoms with Gasteiger partial charge in [0.2, 0.25) is 5.88 Å². The highest BCUT2D eigenvalue weighted by molar-refractivity contribution is 6.04. The average Bonchev–Trinajstić information content (AvgIpc) is 3.40. The maximum Gasteiger partial charge on any atom is 0.416 e. The molecule has 1 aliphatic rings. The Hall–Kier alpha value is -4.81. The summed E-state index contributed by atoms with van der Waals surface area (Å²) in [6, 6.07) is 16.6. The summed E-state index contributed by atoms with van der Waals surface area (Å²) in [4.78, 5) is 26.8. The number of carbonyl (C=O) groups excluding carboxylic acids is 1. The van der Waals surface area contributed by atoms with Crippen LogP contribution in [-0.4, -0.2) is 68.7 Å². The number of amides is 1. The highest BCUT2D eigenvalue weighted by Gasteiger charge is 2.34. The number of fused-ring (bicyclic) bond motifs is 1. The Labute approximate surface area is 264 Å². The van der Waals surface area contributed by atoms with Crippen molar-refractivity contribution in [2.75, 3.05) is 38.5 Å². The number of aromatic nitrogens is 4. The molecule has 6 rings (SSSR count). The van der Waals surface area contributed by atoms with E-state index >= 15 is 0 Å². The molecule has 1 fully saturated rings. The lowest BCUT2D eigenvalue weighted by atomic mass is 10.0. The van der Waals surface area contributed by atoms with Gasteiger partial charge < -0.3 is 15.0 Å². The van der Waals surface area contributed by atoms with Crippen LogP contribution < -0.4 is 10.1 Å². The van der Waals surface area contributed by atoms with Crippen LogP contribution in [0.5, 0.6) is 11.6 Å². The molecule has 46 heavy (non-hydrogen) atoms. The molecule has 0 radical (unpaired) electrons. The fourth-order valence-electron chi connectivity index (χ4n) is 5.37. The zero-order chi connectivity index (χ0) is 32.6. The van der Waals surface area contributed by atoms with Gasteiger partial charge in [0, 0.05) is 56.6 Å². The lowest BCUT2D eigenvalue weighted by molar-refractivity contribution is -0.138. The molecule has 0 atom stereocenters. The second-order valence-corrected chi connectivity index (χ2v) is 11.7. The Bertz CT molecular complexity index is 1900. The minimum Gasteiger partial charge on any atom is -0.438 e. The number of carbonyl (C=O) groups is 1. The smallest absolute Gasteiger partial charge is 0.416 e. The molecule has 9 nitrogen and oxygen atoms in total. The number of alkyl halides is 3. The summed E-state index contributed by atoms with van der Waals surface area (Å²) in [5.74, 6) is 0.512. The molecule has 5 aromatic rings. The number of likely N-dealkylation sites (N-methyl/N-ethyl adjacent to an activating group) is 1. The SMILES string of the molecule is Cc1ccc(-c2nc(Oc3cc(C(=O)Nc4ccc(CN5CCN(C)CC5)c(C(F)(F)F)c4)ccc3C)c3cnn(C)c3n2)cc1. The molecule has 1 amide bonds. The molecule has 0 unspecified atom stereocenters. The summed E-state index contributed by atoms with van der Waals surface area (Å²) >= 11 is 0. The van der Waals surface area contributed by atoms with Crippen molar-refractivity contribution in [2.24, 2.45) is 7.05 Å². The van der Waals surface area contributed by atoms with Crippen LogP contribution in [0.3, 0.4) is 0 Å². The molecule has 3 heterocycles. The van der Waals surface area contributed by atoms with Crippen LogP contribution in [-0.2, 0) is 19.8 Å². The molecule has 0 bridgehead atoms. The van der Waals surface area contributed by atoms with Crippen LogP contribution >= 0.6 is 0 Å². The lowest BCUT2D eigenvalue weighted by Gasteiger charge is -2.33. The summed E-state index contributed by atoms with van der Waals surface area (Å²) in [6.07, 6.45) is -2.96. The third-order valence-electron chi connectivity index (χ3n) is 8.19. The molecule has 0 aliphatic carbocycles. The van der Waals surface area contributed by atoms with Crippen molar-refractivity contribution in [3.63, 3.8) is 0 Å². The molecule has 1 aliphatic heterocycles. The van der Waals surface area contributed by atoms with Crippen molar-refractivity contribution in [2.45, 2.75) is 26.6 Å². The molecule has 238 valence electrons. The minimum absolute atomic E-state index is 0.0538. The van der Waals surface area contributed by atoms with Gasteiger partial charge in [-0.15, -0.1) is 0 Å². The first kappa shape index (κ1) is 31.2. The summed E-state index contributed by atoms with van der Waals surface area (Å²) < 4.78 is 50.2. The van der Waals surface area contributed by atoms with Gasteiger partial charge in [-0.1, -0.05) is 42.0 Å². The van der Waals surface area contributed by atoms with Gasteiger partial charge in [0.05, 0.1) is 11.8 Å². The van der Waals surface area contributed by atoms with Crippen molar-refractivity contribution in [1.82, 2.24) is 29.5 Å². The fourth-order valence-corrected chi connectivity index (χ4v) is 5.37. The average molecular weight is 630 g/mol. The van der Waals surface area contributed by atoms with Crippen LogP contribution in [0.15, 0.2) is 66.9 Å². The second-order valence-electron chi connectivity index (χ2n) is 11.7. The van der Waals surface area contributed by atoms with Crippen molar-refractivity contribution in [3.05, 3.63) is 94.7 Å². The number of aryl methyl sites for hydroxylation is 3. The van der Waals surface area contributed by atoms with E-state index in [4.69, 9.17) is 4.74 Å². The Morgan fingerprint density at radius 1 is 0.935 bits per heavy atom. The predicted octanol–water partition coefficient (Wildman–Crippen LogP) is 6.46. The van der Waals surface area contributed by atoms with Crippen LogP contribution in [0, 0.1) is 13.8 Å². The zero-order valence-electron chi connectivity index (χ0n) is 26.0. The highest BCUT2D eigenvalue weighted by Crippen LogP contribution is 2.35. The van der Waals surface area contributed by atoms with Gasteiger partial charge in [-0.2, -0.15) is 23.3 Å². The first-order chi connectivity index (χ1) is 21.9. The highest BCUT2D eigenvalue weighted by atomic mass is 19.4. The Kier molecular flexibility index (Phi) is 8.49. The lowest BCUT2D eigenvalue weighted by Crippen LogP contribution is -2.44. The Morgan fingerprint density at radius 3 is 2.39 bits per heavy atom. The van der Waals surface area contributed by atoms with Crippen LogP contribution in [0.4, 0.5) is 18.9 Å². The second kappa shape index (κ2) is 12.5. The van der Waals surface area contributed by atoms with E-state index in [2.05, 4.69) is 25.3 Å². The first-order valence-corrected chi connectivity index (χ1v) is 14.9. The standard InChI is InChI=1S/C34H34F3N7O2/c1-21-5-8-23(9-6-21)30-40-31-27(19-38-43(31)4)33(41-30)46-29-17-24(10-7-22(29)2)32(45)39-26-12-11-25(28(18-26)34(35,36)37)20-44-15-13-42(3)14-16-44/h5-12,17-19H,13-16,20H2,1-4H3,(H,39,45). The number of hydrogen-bond donors (Lipinski definition) is 1. The van der Waals surface area contributed by atoms with E-state index in [9.17, 15) is 18.0 Å². The van der Waals surface area contributed by atoms with E-state index in [-0.39, 0.29) is 29.2 Å². The summed E-state index contributed by atoms with van der Waals surface area (Å²) in [5, 5.41) is 7.53. The van der Waals surface area contributed by atoms with Gasteiger partial charge in [-0.3, -0.25) is 14.4 Å². The normalized spacial score (nSPS) is 14.5. The first-order valence-electron chi connectivity index (χ1n) is 14.9. The number of piperazine rings is 1. The molecule has 1 saturated heterocycles. The van der Waals surface area contributed by atoms with Gasteiger partial charge >= 0.3 is 6.18 Å². The number of benzene rings is 3. The van der Waals surface area contributed by atoms with E-state index in [1.807, 2.05) is 50.1 Å².